The fourth-order valence-electron chi connectivity index (χ4n) is 2.33. The lowest BCUT2D eigenvalue weighted by Gasteiger charge is -2.18. The summed E-state index contributed by atoms with van der Waals surface area (Å²) in [6, 6.07) is 5.92. The maximum absolute atomic E-state index is 12.2. The molecule has 2 aromatic rings. The van der Waals surface area contributed by atoms with E-state index >= 15 is 0 Å². The fourth-order valence-corrected chi connectivity index (χ4v) is 2.88. The van der Waals surface area contributed by atoms with Crippen molar-refractivity contribution in [2.75, 3.05) is 13.1 Å². The number of carbonyl (C=O) groups is 3. The van der Waals surface area contributed by atoms with Gasteiger partial charge in [0.05, 0.1) is 16.8 Å². The Labute approximate surface area is 153 Å². The maximum atomic E-state index is 12.2. The Morgan fingerprint density at radius 2 is 2.12 bits per heavy atom. The first-order valence-electron chi connectivity index (χ1n) is 7.94. The Morgan fingerprint density at radius 3 is 2.73 bits per heavy atom. The molecule has 8 nitrogen and oxygen atoms in total. The van der Waals surface area contributed by atoms with E-state index in [1.165, 1.54) is 18.3 Å². The highest BCUT2D eigenvalue weighted by atomic mass is 32.1. The molecule has 1 atom stereocenters. The highest BCUT2D eigenvalue weighted by Crippen LogP contribution is 2.16. The molecule has 0 saturated carbocycles. The maximum Gasteiger partial charge on any atom is 0.338 e. The van der Waals surface area contributed by atoms with E-state index in [0.717, 1.165) is 10.6 Å². The predicted octanol–water partition coefficient (Wildman–Crippen LogP) is 1.82. The predicted molar refractivity (Wildman–Crippen MR) is 92.9 cm³/mol. The van der Waals surface area contributed by atoms with E-state index in [1.54, 1.807) is 29.8 Å². The number of nitrogens with one attached hydrogen (secondary N) is 1. The number of amides is 3. The zero-order chi connectivity index (χ0) is 18.5. The van der Waals surface area contributed by atoms with Crippen LogP contribution in [0.5, 0.6) is 5.75 Å². The topological polar surface area (TPSA) is 97.8 Å². The summed E-state index contributed by atoms with van der Waals surface area (Å²) < 4.78 is 10.7. The smallest absolute Gasteiger partial charge is 0.338 e. The van der Waals surface area contributed by atoms with Crippen LogP contribution in [-0.4, -0.2) is 47.0 Å². The minimum absolute atomic E-state index is 0.268. The second kappa shape index (κ2) is 7.96. The zero-order valence-electron chi connectivity index (χ0n) is 14.0. The van der Waals surface area contributed by atoms with E-state index in [4.69, 9.17) is 9.47 Å². The van der Waals surface area contributed by atoms with Gasteiger partial charge in [-0.2, -0.15) is 0 Å². The third-order valence-corrected chi connectivity index (χ3v) is 4.35. The summed E-state index contributed by atoms with van der Waals surface area (Å²) in [5.41, 5.74) is 2.85. The van der Waals surface area contributed by atoms with Crippen LogP contribution in [-0.2, 0) is 16.1 Å². The number of aromatic nitrogens is 1. The minimum Gasteiger partial charge on any atom is -0.487 e. The summed E-state index contributed by atoms with van der Waals surface area (Å²) in [5.74, 6) is -0.597. The first-order chi connectivity index (χ1) is 12.5. The number of benzene rings is 1. The quantitative estimate of drug-likeness (QED) is 0.774. The van der Waals surface area contributed by atoms with Crippen LogP contribution < -0.4 is 10.1 Å². The number of rotatable bonds is 6. The largest absolute Gasteiger partial charge is 0.487 e. The number of imide groups is 1. The highest BCUT2D eigenvalue weighted by molar-refractivity contribution is 7.07. The number of ether oxygens (including phenoxy) is 2. The number of nitrogens with zero attached hydrogens (tertiary/aromatic N) is 2. The van der Waals surface area contributed by atoms with Gasteiger partial charge in [0.15, 0.2) is 6.10 Å². The summed E-state index contributed by atoms with van der Waals surface area (Å²) >= 11 is 1.49. The average Bonchev–Trinajstić information content (AvgIpc) is 3.31. The Hall–Kier alpha value is -2.94. The van der Waals surface area contributed by atoms with Crippen molar-refractivity contribution in [1.29, 1.82) is 0 Å². The number of thiazole rings is 1. The molecular weight excluding hydrogens is 358 g/mol. The Bertz CT molecular complexity index is 791. The molecule has 0 radical (unpaired) electrons. The molecule has 1 unspecified atom stereocenters. The van der Waals surface area contributed by atoms with Crippen molar-refractivity contribution < 1.29 is 23.9 Å². The van der Waals surface area contributed by atoms with Gasteiger partial charge in [-0.25, -0.2) is 14.6 Å². The van der Waals surface area contributed by atoms with Gasteiger partial charge in [-0.15, -0.1) is 11.3 Å². The third kappa shape index (κ3) is 4.17. The Morgan fingerprint density at radius 1 is 1.35 bits per heavy atom. The Kier molecular flexibility index (Phi) is 5.47. The van der Waals surface area contributed by atoms with E-state index in [9.17, 15) is 14.4 Å². The molecule has 1 aromatic carbocycles. The lowest BCUT2D eigenvalue weighted by atomic mass is 10.2. The summed E-state index contributed by atoms with van der Waals surface area (Å²) in [7, 11) is 0. The lowest BCUT2D eigenvalue weighted by Crippen LogP contribution is -2.41. The van der Waals surface area contributed by atoms with Crippen LogP contribution in [0.4, 0.5) is 4.79 Å². The van der Waals surface area contributed by atoms with Crippen molar-refractivity contribution >= 4 is 29.2 Å². The zero-order valence-corrected chi connectivity index (χ0v) is 14.8. The molecule has 9 heteroatoms. The molecule has 0 spiro atoms. The molecule has 1 aromatic heterocycles. The summed E-state index contributed by atoms with van der Waals surface area (Å²) in [6.45, 7) is 2.45. The van der Waals surface area contributed by atoms with Crippen LogP contribution in [0, 0.1) is 0 Å². The van der Waals surface area contributed by atoms with Gasteiger partial charge in [0.25, 0.3) is 5.91 Å². The summed E-state index contributed by atoms with van der Waals surface area (Å²) in [4.78, 5) is 41.0. The van der Waals surface area contributed by atoms with Gasteiger partial charge in [0, 0.05) is 18.5 Å². The first kappa shape index (κ1) is 17.9. The lowest BCUT2D eigenvalue weighted by molar-refractivity contribution is -0.136. The average molecular weight is 375 g/mol. The molecule has 1 fully saturated rings. The van der Waals surface area contributed by atoms with Crippen molar-refractivity contribution in [3.8, 4) is 5.75 Å². The van der Waals surface area contributed by atoms with Crippen LogP contribution in [0.15, 0.2) is 35.2 Å². The molecule has 1 N–H and O–H groups in total. The van der Waals surface area contributed by atoms with E-state index in [2.05, 4.69) is 10.3 Å². The van der Waals surface area contributed by atoms with Gasteiger partial charge in [0.1, 0.15) is 12.4 Å². The van der Waals surface area contributed by atoms with Crippen LogP contribution in [0.3, 0.4) is 0 Å². The molecule has 1 aliphatic rings. The first-order valence-corrected chi connectivity index (χ1v) is 8.89. The van der Waals surface area contributed by atoms with Crippen molar-refractivity contribution in [2.45, 2.75) is 19.6 Å². The normalized spacial score (nSPS) is 14.7. The molecule has 0 bridgehead atoms. The SMILES string of the molecule is CC(OC(=O)c1ccc(OCc2cscn2)cc1)C(=O)N1CCNC1=O. The summed E-state index contributed by atoms with van der Waals surface area (Å²) in [5, 5.41) is 4.42. The van der Waals surface area contributed by atoms with Crippen molar-refractivity contribution in [3.05, 3.63) is 46.4 Å². The standard InChI is InChI=1S/C17H17N3O5S/c1-11(15(21)20-7-6-18-17(20)23)25-16(22)12-2-4-14(5-3-12)24-8-13-9-26-10-19-13/h2-5,9-11H,6-8H2,1H3,(H,18,23). The molecule has 3 rings (SSSR count). The van der Waals surface area contributed by atoms with Crippen LogP contribution >= 0.6 is 11.3 Å². The third-order valence-electron chi connectivity index (χ3n) is 3.71. The second-order valence-corrected chi connectivity index (χ2v) is 6.28. The van der Waals surface area contributed by atoms with Gasteiger partial charge in [-0.1, -0.05) is 0 Å². The molecule has 1 saturated heterocycles. The number of carbonyl (C=O) groups excluding carboxylic acids is 3. The second-order valence-electron chi connectivity index (χ2n) is 5.56. The number of urea groups is 1. The van der Waals surface area contributed by atoms with Gasteiger partial charge >= 0.3 is 12.0 Å². The summed E-state index contributed by atoms with van der Waals surface area (Å²) in [6.07, 6.45) is -1.05. The minimum atomic E-state index is -1.05. The number of esters is 1. The van der Waals surface area contributed by atoms with Crippen molar-refractivity contribution in [3.63, 3.8) is 0 Å². The van der Waals surface area contributed by atoms with Gasteiger partial charge < -0.3 is 14.8 Å². The van der Waals surface area contributed by atoms with E-state index in [1.807, 2.05) is 5.38 Å². The van der Waals surface area contributed by atoms with Crippen molar-refractivity contribution in [1.82, 2.24) is 15.2 Å². The van der Waals surface area contributed by atoms with Crippen LogP contribution in [0.25, 0.3) is 0 Å². The molecule has 136 valence electrons. The van der Waals surface area contributed by atoms with Gasteiger partial charge in [0.2, 0.25) is 0 Å². The molecule has 3 amide bonds. The Balaban J connectivity index is 1.54. The molecule has 1 aliphatic heterocycles. The van der Waals surface area contributed by atoms with E-state index in [-0.39, 0.29) is 12.1 Å². The van der Waals surface area contributed by atoms with Crippen LogP contribution in [0.2, 0.25) is 0 Å². The molecular formula is C17H17N3O5S. The number of hydrogen-bond acceptors (Lipinski definition) is 7. The number of hydrogen-bond donors (Lipinski definition) is 1. The molecule has 2 heterocycles. The van der Waals surface area contributed by atoms with Gasteiger partial charge in [-0.05, 0) is 31.2 Å². The highest BCUT2D eigenvalue weighted by Gasteiger charge is 2.31. The van der Waals surface area contributed by atoms with E-state index < -0.39 is 24.0 Å². The van der Waals surface area contributed by atoms with Crippen LogP contribution in [0.1, 0.15) is 23.0 Å². The monoisotopic (exact) mass is 375 g/mol. The van der Waals surface area contributed by atoms with E-state index in [0.29, 0.717) is 18.9 Å². The van der Waals surface area contributed by atoms with Crippen molar-refractivity contribution in [2.24, 2.45) is 0 Å². The van der Waals surface area contributed by atoms with Gasteiger partial charge in [-0.3, -0.25) is 9.69 Å². The molecule has 26 heavy (non-hydrogen) atoms. The molecule has 0 aliphatic carbocycles. The fraction of sp³-hybridized carbons (Fsp3) is 0.294.